The number of carboxylic acid groups (broad SMARTS) is 1. The Hall–Kier alpha value is -8.43. The number of aromatic hydroxyl groups is 3. The molecule has 5 aliphatic rings. The molecule has 0 saturated carbocycles. The number of methoxy groups -OCH3 is 2. The zero-order valence-corrected chi connectivity index (χ0v) is 44.6. The number of fused-ring (bicyclic) bond motifs is 1. The quantitative estimate of drug-likeness (QED) is 0.0141. The van der Waals surface area contributed by atoms with E-state index in [-0.39, 0.29) is 51.4 Å². The van der Waals surface area contributed by atoms with Gasteiger partial charge in [0.1, 0.15) is 104 Å². The summed E-state index contributed by atoms with van der Waals surface area (Å²) in [5.74, 6) is -6.22. The minimum absolute atomic E-state index is 0.0954. The number of phenolic OH excluding ortho intramolecular Hbond substituents is 3. The average Bonchev–Trinajstić information content (AvgIpc) is 2.86. The molecule has 8 rings (SSSR count). The number of phenols is 3. The molecular weight excluding hydrogens is 1140 g/mol. The lowest BCUT2D eigenvalue weighted by atomic mass is 9.97. The zero-order valence-electron chi connectivity index (χ0n) is 44.6. The van der Waals surface area contributed by atoms with Gasteiger partial charge in [0.25, 0.3) is 0 Å². The molecule has 456 valence electrons. The van der Waals surface area contributed by atoms with Gasteiger partial charge >= 0.3 is 23.9 Å². The molecule has 4 aliphatic heterocycles. The smallest absolute Gasteiger partial charge is 0.508 e. The first-order chi connectivity index (χ1) is 40.5. The number of aliphatic carboxylic acids is 1. The molecule has 3 aromatic carbocycles. The van der Waals surface area contributed by atoms with E-state index in [0.717, 1.165) is 24.3 Å². The lowest BCUT2D eigenvalue weighted by molar-refractivity contribution is -0.357. The first-order valence-corrected chi connectivity index (χ1v) is 25.7. The van der Waals surface area contributed by atoms with Crippen molar-refractivity contribution in [3.05, 3.63) is 112 Å². The van der Waals surface area contributed by atoms with Crippen LogP contribution in [0, 0.1) is 0 Å². The van der Waals surface area contributed by atoms with Gasteiger partial charge in [-0.2, -0.15) is 0 Å². The maximum Gasteiger partial charge on any atom is 0.510 e. The molecule has 29 nitrogen and oxygen atoms in total. The van der Waals surface area contributed by atoms with Gasteiger partial charge < -0.3 is 123 Å². The minimum atomic E-state index is -2.17. The van der Waals surface area contributed by atoms with Gasteiger partial charge in [0.05, 0.1) is 25.9 Å². The van der Waals surface area contributed by atoms with E-state index < -0.39 is 159 Å². The lowest BCUT2D eigenvalue weighted by Crippen LogP contribution is -2.65. The number of aliphatic hydroxyl groups excluding tert-OH is 8. The van der Waals surface area contributed by atoms with Crippen molar-refractivity contribution < 1.29 is 137 Å². The first kappa shape index (κ1) is 62.6. The fourth-order valence-electron chi connectivity index (χ4n) is 8.87. The van der Waals surface area contributed by atoms with Crippen LogP contribution in [-0.2, 0) is 47.5 Å². The van der Waals surface area contributed by atoms with Crippen LogP contribution < -0.4 is 24.4 Å². The Labute approximate surface area is 479 Å². The Morgan fingerprint density at radius 3 is 1.69 bits per heavy atom. The highest BCUT2D eigenvalue weighted by Crippen LogP contribution is 2.44. The Morgan fingerprint density at radius 1 is 0.565 bits per heavy atom. The van der Waals surface area contributed by atoms with E-state index >= 15 is 0 Å². The molecular formula is C56H59O29+. The van der Waals surface area contributed by atoms with Crippen LogP contribution in [0.4, 0.5) is 0 Å². The summed E-state index contributed by atoms with van der Waals surface area (Å²) in [5.41, 5.74) is 0.00826. The number of esters is 3. The Bertz CT molecular complexity index is 3250. The number of benzene rings is 4. The largest absolute Gasteiger partial charge is 0.510 e. The van der Waals surface area contributed by atoms with E-state index in [1.165, 1.54) is 93.1 Å². The summed E-state index contributed by atoms with van der Waals surface area (Å²) in [5, 5.41) is 129. The molecule has 0 unspecified atom stereocenters. The second kappa shape index (κ2) is 27.5. The Morgan fingerprint density at radius 2 is 1.09 bits per heavy atom. The van der Waals surface area contributed by atoms with E-state index in [1.807, 2.05) is 0 Å². The van der Waals surface area contributed by atoms with Crippen molar-refractivity contribution in [1.82, 2.24) is 0 Å². The number of carboxylic acids is 1. The van der Waals surface area contributed by atoms with Gasteiger partial charge in [-0.15, -0.1) is 0 Å². The highest BCUT2D eigenvalue weighted by molar-refractivity contribution is 5.90. The van der Waals surface area contributed by atoms with Crippen molar-refractivity contribution in [2.75, 3.05) is 34.0 Å². The summed E-state index contributed by atoms with van der Waals surface area (Å²) in [6.07, 6.45) is -25.8. The van der Waals surface area contributed by atoms with Crippen LogP contribution in [0.5, 0.6) is 40.2 Å². The molecule has 1 aliphatic carbocycles. The molecule has 13 N–H and O–H groups in total. The SMILES string of the molecule is COc1cc(C=CC(=O)OC[C@H]2O[C@@H](Oc3cc4c(O[C@@H]5O[C@H](COC(=O)CC(=O)O)[C@@H](O)[C@H](O)[C@H]5O)cc(=O)cc-4oc3-c3ccc(O)cc3)[C@H](O[C@@H]3O[C@H](COC(=[OH+])C=Cc4ccc(O)c(OC)c4)[C@@H](O)[C@H](O)[C@H]3O)[C@@H](O)[C@@H]2O)ccc1O. The third-order valence-corrected chi connectivity index (χ3v) is 13.4. The monoisotopic (exact) mass is 1200 g/mol. The van der Waals surface area contributed by atoms with Crippen molar-refractivity contribution in [3.8, 4) is 62.9 Å². The third kappa shape index (κ3) is 15.1. The molecule has 85 heavy (non-hydrogen) atoms. The molecule has 0 aromatic heterocycles. The number of hydrogen-bond donors (Lipinski definition) is 12. The zero-order chi connectivity index (χ0) is 61.4. The average molecular weight is 1200 g/mol. The molecule has 3 saturated heterocycles. The number of carbonyl (C=O) groups excluding carboxylic acids is 3. The number of aliphatic hydroxyl groups is 8. The van der Waals surface area contributed by atoms with Crippen LogP contribution in [0.25, 0.3) is 34.8 Å². The van der Waals surface area contributed by atoms with Gasteiger partial charge in [0.2, 0.25) is 19.2 Å². The van der Waals surface area contributed by atoms with Crippen molar-refractivity contribution in [1.29, 1.82) is 0 Å². The normalized spacial score (nSPS) is 27.7. The summed E-state index contributed by atoms with van der Waals surface area (Å²) < 4.78 is 68.3. The van der Waals surface area contributed by atoms with E-state index in [4.69, 9.17) is 61.6 Å². The predicted octanol–water partition coefficient (Wildman–Crippen LogP) is -0.743. The van der Waals surface area contributed by atoms with Crippen LogP contribution in [0.3, 0.4) is 0 Å². The molecule has 0 amide bonds. The maximum absolute atomic E-state index is 13.3. The summed E-state index contributed by atoms with van der Waals surface area (Å²) in [6, 6.07) is 16.7. The van der Waals surface area contributed by atoms with Crippen LogP contribution in [0.15, 0.2) is 100 Å². The lowest BCUT2D eigenvalue weighted by Gasteiger charge is -2.45. The molecule has 3 aromatic rings. The van der Waals surface area contributed by atoms with E-state index in [2.05, 4.69) is 0 Å². The molecule has 15 atom stereocenters. The van der Waals surface area contributed by atoms with Gasteiger partial charge in [-0.25, -0.2) is 4.79 Å². The second-order valence-corrected chi connectivity index (χ2v) is 19.3. The summed E-state index contributed by atoms with van der Waals surface area (Å²) >= 11 is 0. The summed E-state index contributed by atoms with van der Waals surface area (Å²) in [4.78, 5) is 60.1. The van der Waals surface area contributed by atoms with Crippen LogP contribution in [0.2, 0.25) is 0 Å². The highest BCUT2D eigenvalue weighted by atomic mass is 16.8. The highest BCUT2D eigenvalue weighted by Gasteiger charge is 2.53. The van der Waals surface area contributed by atoms with Crippen molar-refractivity contribution >= 4 is 36.0 Å². The molecule has 3 fully saturated rings. The summed E-state index contributed by atoms with van der Waals surface area (Å²) in [6.45, 7) is -2.37. The summed E-state index contributed by atoms with van der Waals surface area (Å²) in [7, 11) is 2.65. The van der Waals surface area contributed by atoms with Crippen LogP contribution in [0.1, 0.15) is 17.5 Å². The van der Waals surface area contributed by atoms with E-state index in [0.29, 0.717) is 11.1 Å². The second-order valence-electron chi connectivity index (χ2n) is 19.3. The van der Waals surface area contributed by atoms with Gasteiger partial charge in [-0.05, 0) is 77.9 Å². The molecule has 29 heteroatoms. The molecule has 4 heterocycles. The van der Waals surface area contributed by atoms with Crippen molar-refractivity contribution in [2.24, 2.45) is 0 Å². The van der Waals surface area contributed by atoms with E-state index in [1.54, 1.807) is 0 Å². The standard InChI is InChI=1S/C56H58O29/c1-74-34-15-24(3-11-30(34)59)5-13-41(63)76-21-37-44(66)48(70)51(73)55(83-37)85-53-49(71)46(68)39(22-77-42(64)14-6-25-4-12-31(60)35(16-25)75-2)84-56(53)81-36-19-29-32(79-52(36)26-7-9-27(57)10-8-26)17-28(58)18-33(29)80-54-50(72)47(69)45(67)38(82-54)23-78-43(65)20-40(61)62/h3-19,37-39,44-51,53-57,59-60,66-73H,20-23H2,1-2H3,(H,61,62)/p+1/t37-,38-,39-,44-,45-,46-,47+,48+,49+,50-,51-,53-,54-,55+,56-/m1/s1. The molecule has 0 radical (unpaired) electrons. The van der Waals surface area contributed by atoms with Crippen molar-refractivity contribution in [3.63, 3.8) is 0 Å². The third-order valence-electron chi connectivity index (χ3n) is 13.4. The van der Waals surface area contributed by atoms with Gasteiger partial charge in [0, 0.05) is 23.8 Å². The van der Waals surface area contributed by atoms with Gasteiger partial charge in [-0.3, -0.25) is 14.4 Å². The van der Waals surface area contributed by atoms with Gasteiger partial charge in [0.15, 0.2) is 52.3 Å². The number of rotatable bonds is 21. The number of hydrogen-bond acceptors (Lipinski definition) is 27. The minimum Gasteiger partial charge on any atom is -0.508 e. The van der Waals surface area contributed by atoms with Crippen molar-refractivity contribution in [2.45, 2.75) is 98.5 Å². The first-order valence-electron chi connectivity index (χ1n) is 25.7. The predicted molar refractivity (Wildman–Crippen MR) is 283 cm³/mol. The van der Waals surface area contributed by atoms with Crippen LogP contribution in [-0.4, -0.2) is 216 Å². The van der Waals surface area contributed by atoms with E-state index in [9.17, 15) is 80.1 Å². The Kier molecular flexibility index (Phi) is 20.3. The Balaban J connectivity index is 1.12. The number of ether oxygens (including phenoxy) is 11. The topological polar surface area (TPSA) is 447 Å². The molecule has 0 spiro atoms. The fourth-order valence-corrected chi connectivity index (χ4v) is 8.87. The fraction of sp³-hybridized carbons (Fsp3) is 0.375. The molecule has 0 bridgehead atoms. The number of carbonyl (C=O) groups is 3. The van der Waals surface area contributed by atoms with Crippen LogP contribution >= 0.6 is 0 Å². The van der Waals surface area contributed by atoms with Gasteiger partial charge in [-0.1, -0.05) is 12.1 Å². The maximum atomic E-state index is 13.3.